The molecule has 1 saturated heterocycles. The van der Waals surface area contributed by atoms with Gasteiger partial charge in [0, 0.05) is 0 Å². The molecule has 2 aliphatic heterocycles. The van der Waals surface area contributed by atoms with Crippen molar-refractivity contribution >= 4 is 35.1 Å². The zero-order chi connectivity index (χ0) is 23.3. The molecule has 5 amide bonds. The maximum absolute atomic E-state index is 13.4. The number of carbonyl (C=O) groups excluding carboxylic acids is 4. The fraction of sp³-hybridized carbons (Fsp3) is 0.304. The summed E-state index contributed by atoms with van der Waals surface area (Å²) in [5.74, 6) is -2.02. The van der Waals surface area contributed by atoms with Gasteiger partial charge in [0.15, 0.2) is 0 Å². The summed E-state index contributed by atoms with van der Waals surface area (Å²) in [6.07, 6.45) is 0.217. The molecule has 0 spiro atoms. The molecule has 0 saturated carbocycles. The minimum atomic E-state index is -1.39. The fourth-order valence-electron chi connectivity index (χ4n) is 4.25. The third-order valence-corrected chi connectivity index (χ3v) is 6.09. The molecule has 4 rings (SSSR count). The molecule has 2 N–H and O–H groups in total. The van der Waals surface area contributed by atoms with Gasteiger partial charge in [0.05, 0.1) is 11.4 Å². The largest absolute Gasteiger partial charge is 0.325 e. The first-order valence-corrected chi connectivity index (χ1v) is 10.3. The van der Waals surface area contributed by atoms with E-state index in [-0.39, 0.29) is 12.3 Å². The number of fused-ring (bicyclic) bond motifs is 1. The van der Waals surface area contributed by atoms with Gasteiger partial charge >= 0.3 is 6.03 Å². The first-order chi connectivity index (χ1) is 15.1. The van der Waals surface area contributed by atoms with Crippen molar-refractivity contribution in [1.82, 2.24) is 10.2 Å². The summed E-state index contributed by atoms with van der Waals surface area (Å²) in [6, 6.07) is 11.4. The van der Waals surface area contributed by atoms with Gasteiger partial charge in [0.2, 0.25) is 11.8 Å². The minimum absolute atomic E-state index is 0.217. The Morgan fingerprint density at radius 3 is 2.34 bits per heavy atom. The predicted molar refractivity (Wildman–Crippen MR) is 115 cm³/mol. The van der Waals surface area contributed by atoms with Gasteiger partial charge in [-0.1, -0.05) is 31.2 Å². The van der Waals surface area contributed by atoms with Crippen LogP contribution in [0.4, 0.5) is 20.6 Å². The van der Waals surface area contributed by atoms with Crippen LogP contribution in [0.1, 0.15) is 32.8 Å². The van der Waals surface area contributed by atoms with E-state index in [1.165, 1.54) is 29.2 Å². The Morgan fingerprint density at radius 1 is 1.03 bits per heavy atom. The summed E-state index contributed by atoms with van der Waals surface area (Å²) < 4.78 is 13.4. The molecule has 0 unspecified atom stereocenters. The molecule has 166 valence electrons. The van der Waals surface area contributed by atoms with Crippen LogP contribution >= 0.6 is 0 Å². The molecule has 32 heavy (non-hydrogen) atoms. The summed E-state index contributed by atoms with van der Waals surface area (Å²) in [7, 11) is 0. The lowest BCUT2D eigenvalue weighted by molar-refractivity contribution is -0.135. The first kappa shape index (κ1) is 21.5. The van der Waals surface area contributed by atoms with Crippen molar-refractivity contribution in [2.24, 2.45) is 0 Å². The Morgan fingerprint density at radius 2 is 1.69 bits per heavy atom. The SMILES string of the molecule is CC[C@@]1(c2ccc(F)cc2)NC(=O)N(CC(=O)N2c3ccccc3NC(=O)C2(C)C)C1=O. The lowest BCUT2D eigenvalue weighted by Gasteiger charge is -2.42. The summed E-state index contributed by atoms with van der Waals surface area (Å²) in [4.78, 5) is 54.3. The Balaban J connectivity index is 1.66. The van der Waals surface area contributed by atoms with Gasteiger partial charge in [0.25, 0.3) is 5.91 Å². The maximum Gasteiger partial charge on any atom is 0.325 e. The number of rotatable bonds is 4. The van der Waals surface area contributed by atoms with E-state index in [1.54, 1.807) is 45.0 Å². The average molecular weight is 438 g/mol. The number of halogens is 1. The van der Waals surface area contributed by atoms with Crippen LogP contribution in [0.15, 0.2) is 48.5 Å². The van der Waals surface area contributed by atoms with Gasteiger partial charge in [-0.15, -0.1) is 0 Å². The number of nitrogens with zero attached hydrogens (tertiary/aromatic N) is 2. The van der Waals surface area contributed by atoms with Crippen LogP contribution in [0.5, 0.6) is 0 Å². The standard InChI is InChI=1S/C23H23FN4O4/c1-4-23(14-9-11-15(24)12-10-14)20(31)27(21(32)26-23)13-18(29)28-17-8-6-5-7-16(17)25-19(30)22(28,2)3/h5-12H,4,13H2,1-3H3,(H,25,30)(H,26,32)/t23-/m0/s1. The molecule has 2 aromatic rings. The number of amides is 5. The number of anilines is 2. The molecule has 2 aromatic carbocycles. The molecule has 0 radical (unpaired) electrons. The highest BCUT2D eigenvalue weighted by Crippen LogP contribution is 2.38. The molecule has 8 nitrogen and oxygen atoms in total. The van der Waals surface area contributed by atoms with E-state index < -0.39 is 41.3 Å². The highest BCUT2D eigenvalue weighted by Gasteiger charge is 2.53. The second-order valence-electron chi connectivity index (χ2n) is 8.35. The quantitative estimate of drug-likeness (QED) is 0.717. The number of urea groups is 1. The summed E-state index contributed by atoms with van der Waals surface area (Å²) in [5, 5.41) is 5.45. The number of hydrogen-bond acceptors (Lipinski definition) is 4. The molecule has 1 fully saturated rings. The number of imide groups is 1. The Bertz CT molecular complexity index is 1130. The molecule has 2 aliphatic rings. The lowest BCUT2D eigenvalue weighted by atomic mass is 9.87. The Kier molecular flexibility index (Phi) is 4.99. The first-order valence-electron chi connectivity index (χ1n) is 10.3. The van der Waals surface area contributed by atoms with Crippen molar-refractivity contribution in [1.29, 1.82) is 0 Å². The number of para-hydroxylation sites is 2. The lowest BCUT2D eigenvalue weighted by Crippen LogP contribution is -2.60. The highest BCUT2D eigenvalue weighted by atomic mass is 19.1. The molecule has 0 aliphatic carbocycles. The van der Waals surface area contributed by atoms with Crippen LogP contribution < -0.4 is 15.5 Å². The third kappa shape index (κ3) is 3.12. The van der Waals surface area contributed by atoms with Gasteiger partial charge in [-0.25, -0.2) is 9.18 Å². The van der Waals surface area contributed by atoms with E-state index in [4.69, 9.17) is 0 Å². The maximum atomic E-state index is 13.4. The van der Waals surface area contributed by atoms with Gasteiger partial charge in [0.1, 0.15) is 23.4 Å². The smallest absolute Gasteiger partial charge is 0.322 e. The topological polar surface area (TPSA) is 98.8 Å². The van der Waals surface area contributed by atoms with E-state index in [1.807, 2.05) is 0 Å². The average Bonchev–Trinajstić information content (AvgIpc) is 3.00. The van der Waals surface area contributed by atoms with Gasteiger partial charge in [-0.05, 0) is 50.1 Å². The summed E-state index contributed by atoms with van der Waals surface area (Å²) in [6.45, 7) is 4.37. The van der Waals surface area contributed by atoms with Crippen LogP contribution in [0.3, 0.4) is 0 Å². The monoisotopic (exact) mass is 438 g/mol. The number of hydrogen-bond donors (Lipinski definition) is 2. The molecular formula is C23H23FN4O4. The van der Waals surface area contributed by atoms with Crippen LogP contribution in [0.25, 0.3) is 0 Å². The van der Waals surface area contributed by atoms with E-state index >= 15 is 0 Å². The van der Waals surface area contributed by atoms with Crippen LogP contribution in [0.2, 0.25) is 0 Å². The number of benzene rings is 2. The number of carbonyl (C=O) groups is 4. The molecule has 0 aromatic heterocycles. The zero-order valence-corrected chi connectivity index (χ0v) is 17.9. The van der Waals surface area contributed by atoms with Crippen LogP contribution in [-0.4, -0.2) is 40.7 Å². The van der Waals surface area contributed by atoms with E-state index in [2.05, 4.69) is 10.6 Å². The van der Waals surface area contributed by atoms with E-state index in [0.29, 0.717) is 16.9 Å². The number of nitrogens with one attached hydrogen (secondary N) is 2. The van der Waals surface area contributed by atoms with Gasteiger partial charge in [-0.3, -0.25) is 24.2 Å². The van der Waals surface area contributed by atoms with Crippen molar-refractivity contribution in [3.8, 4) is 0 Å². The molecule has 9 heteroatoms. The second kappa shape index (κ2) is 7.44. The van der Waals surface area contributed by atoms with Crippen LogP contribution in [-0.2, 0) is 19.9 Å². The normalized spacial score (nSPS) is 21.8. The fourth-order valence-corrected chi connectivity index (χ4v) is 4.25. The Hall–Kier alpha value is -3.75. The summed E-state index contributed by atoms with van der Waals surface area (Å²) >= 11 is 0. The van der Waals surface area contributed by atoms with Gasteiger partial charge in [-0.2, -0.15) is 0 Å². The van der Waals surface area contributed by atoms with Crippen molar-refractivity contribution in [2.75, 3.05) is 16.8 Å². The molecule has 0 bridgehead atoms. The van der Waals surface area contributed by atoms with Crippen molar-refractivity contribution in [3.05, 3.63) is 59.9 Å². The van der Waals surface area contributed by atoms with Crippen molar-refractivity contribution < 1.29 is 23.6 Å². The van der Waals surface area contributed by atoms with Crippen molar-refractivity contribution in [3.63, 3.8) is 0 Å². The second-order valence-corrected chi connectivity index (χ2v) is 8.35. The minimum Gasteiger partial charge on any atom is -0.322 e. The third-order valence-electron chi connectivity index (χ3n) is 6.09. The molecule has 2 heterocycles. The summed E-state index contributed by atoms with van der Waals surface area (Å²) in [5.41, 5.74) is -1.25. The van der Waals surface area contributed by atoms with Crippen molar-refractivity contribution in [2.45, 2.75) is 38.3 Å². The predicted octanol–water partition coefficient (Wildman–Crippen LogP) is 2.75. The molecule has 1 atom stereocenters. The van der Waals surface area contributed by atoms with Crippen LogP contribution in [0, 0.1) is 5.82 Å². The highest BCUT2D eigenvalue weighted by molar-refractivity contribution is 6.16. The van der Waals surface area contributed by atoms with E-state index in [0.717, 1.165) is 4.90 Å². The Labute approximate surface area is 184 Å². The molecular weight excluding hydrogens is 415 g/mol. The zero-order valence-electron chi connectivity index (χ0n) is 17.9. The van der Waals surface area contributed by atoms with Gasteiger partial charge < -0.3 is 10.6 Å². The van der Waals surface area contributed by atoms with E-state index in [9.17, 15) is 23.6 Å².